The topological polar surface area (TPSA) is 88.1 Å². The van der Waals surface area contributed by atoms with Gasteiger partial charge < -0.3 is 19.8 Å². The highest BCUT2D eigenvalue weighted by molar-refractivity contribution is 5.81. The number of fused-ring (bicyclic) bond motifs is 3. The fourth-order valence-electron chi connectivity index (χ4n) is 5.89. The monoisotopic (exact) mass is 475 g/mol. The van der Waals surface area contributed by atoms with Crippen LogP contribution < -0.4 is 5.73 Å². The van der Waals surface area contributed by atoms with Crippen LogP contribution in [0, 0.1) is 11.7 Å². The lowest BCUT2D eigenvalue weighted by atomic mass is 9.95. The van der Waals surface area contributed by atoms with Gasteiger partial charge in [0, 0.05) is 17.0 Å². The van der Waals surface area contributed by atoms with E-state index in [9.17, 15) is 4.39 Å². The zero-order valence-electron chi connectivity index (χ0n) is 20.2. The molecule has 4 aromatic rings. The molecular formula is C27H30FN5O2. The first-order valence-corrected chi connectivity index (χ1v) is 12.3. The predicted octanol–water partition coefficient (Wildman–Crippen LogP) is 4.98. The summed E-state index contributed by atoms with van der Waals surface area (Å²) >= 11 is 0. The van der Waals surface area contributed by atoms with Gasteiger partial charge in [-0.1, -0.05) is 19.1 Å². The van der Waals surface area contributed by atoms with Crippen LogP contribution in [0.2, 0.25) is 0 Å². The van der Waals surface area contributed by atoms with Crippen molar-refractivity contribution in [3.8, 4) is 0 Å². The van der Waals surface area contributed by atoms with Gasteiger partial charge in [-0.05, 0) is 69.2 Å². The Bertz CT molecular complexity index is 1420. The van der Waals surface area contributed by atoms with Crippen molar-refractivity contribution < 1.29 is 13.9 Å². The van der Waals surface area contributed by atoms with E-state index in [4.69, 9.17) is 15.2 Å². The van der Waals surface area contributed by atoms with E-state index in [-0.39, 0.29) is 24.1 Å². The number of benzene rings is 1. The van der Waals surface area contributed by atoms with Gasteiger partial charge in [-0.15, -0.1) is 0 Å². The molecule has 182 valence electrons. The van der Waals surface area contributed by atoms with Gasteiger partial charge in [-0.3, -0.25) is 0 Å². The van der Waals surface area contributed by atoms with Crippen molar-refractivity contribution in [2.24, 2.45) is 5.92 Å². The summed E-state index contributed by atoms with van der Waals surface area (Å²) in [5.74, 6) is -0.835. The Morgan fingerprint density at radius 2 is 1.97 bits per heavy atom. The molecule has 0 radical (unpaired) electrons. The lowest BCUT2D eigenvalue weighted by Gasteiger charge is -2.24. The van der Waals surface area contributed by atoms with Gasteiger partial charge >= 0.3 is 0 Å². The van der Waals surface area contributed by atoms with Crippen molar-refractivity contribution in [3.05, 3.63) is 59.9 Å². The minimum absolute atomic E-state index is 0.0169. The molecule has 3 aromatic heterocycles. The van der Waals surface area contributed by atoms with Gasteiger partial charge in [0.25, 0.3) is 0 Å². The number of anilines is 1. The highest BCUT2D eigenvalue weighted by atomic mass is 19.1. The van der Waals surface area contributed by atoms with Crippen LogP contribution in [0.25, 0.3) is 21.9 Å². The van der Waals surface area contributed by atoms with E-state index in [1.54, 1.807) is 6.33 Å². The van der Waals surface area contributed by atoms with Gasteiger partial charge in [0.1, 0.15) is 18.1 Å². The number of hydrogen-bond donors (Lipinski definition) is 1. The smallest absolute Gasteiger partial charge is 0.165 e. The van der Waals surface area contributed by atoms with Crippen LogP contribution in [-0.4, -0.2) is 37.5 Å². The zero-order valence-corrected chi connectivity index (χ0v) is 20.2. The second-order valence-electron chi connectivity index (χ2n) is 10.2. The van der Waals surface area contributed by atoms with Crippen molar-refractivity contribution in [3.63, 3.8) is 0 Å². The number of nitrogen functional groups attached to an aromatic ring is 1. The highest BCUT2D eigenvalue weighted by Gasteiger charge is 2.54. The average molecular weight is 476 g/mol. The van der Waals surface area contributed by atoms with Crippen molar-refractivity contribution in [2.45, 2.75) is 70.5 Å². The Morgan fingerprint density at radius 1 is 1.14 bits per heavy atom. The van der Waals surface area contributed by atoms with Crippen LogP contribution in [0.3, 0.4) is 0 Å². The van der Waals surface area contributed by atoms with E-state index >= 15 is 0 Å². The summed E-state index contributed by atoms with van der Waals surface area (Å²) in [6.07, 6.45) is 7.40. The summed E-state index contributed by atoms with van der Waals surface area (Å²) in [6.45, 7) is 6.09. The maximum atomic E-state index is 13.8. The van der Waals surface area contributed by atoms with E-state index in [2.05, 4.69) is 38.7 Å². The summed E-state index contributed by atoms with van der Waals surface area (Å²) in [4.78, 5) is 13.3. The molecular weight excluding hydrogens is 445 g/mol. The lowest BCUT2D eigenvalue weighted by molar-refractivity contribution is -0.160. The molecule has 1 aliphatic heterocycles. The normalized spacial score (nSPS) is 25.5. The summed E-state index contributed by atoms with van der Waals surface area (Å²) in [7, 11) is 0. The zero-order chi connectivity index (χ0) is 24.3. The molecule has 0 bridgehead atoms. The summed E-state index contributed by atoms with van der Waals surface area (Å²) in [6, 6.07) is 9.67. The number of hydrogen-bond acceptors (Lipinski definition) is 6. The summed E-state index contributed by atoms with van der Waals surface area (Å²) < 4.78 is 28.9. The summed E-state index contributed by atoms with van der Waals surface area (Å²) in [5, 5.41) is 1.86. The number of pyridine rings is 1. The molecule has 8 heteroatoms. The van der Waals surface area contributed by atoms with Crippen molar-refractivity contribution in [2.75, 3.05) is 5.73 Å². The van der Waals surface area contributed by atoms with Crippen LogP contribution in [0.15, 0.2) is 42.9 Å². The molecule has 4 heterocycles. The Morgan fingerprint density at radius 3 is 2.80 bits per heavy atom. The quantitative estimate of drug-likeness (QED) is 0.438. The second-order valence-corrected chi connectivity index (χ2v) is 10.2. The third-order valence-electron chi connectivity index (χ3n) is 7.50. The van der Waals surface area contributed by atoms with E-state index in [1.165, 1.54) is 6.07 Å². The number of nitrogens with two attached hydrogens (primary N) is 1. The molecule has 0 amide bonds. The first kappa shape index (κ1) is 22.4. The minimum atomic E-state index is -0.618. The molecule has 0 unspecified atom stereocenters. The van der Waals surface area contributed by atoms with E-state index in [0.29, 0.717) is 5.92 Å². The molecule has 1 saturated carbocycles. The van der Waals surface area contributed by atoms with Crippen LogP contribution in [0.5, 0.6) is 0 Å². The van der Waals surface area contributed by atoms with Gasteiger partial charge in [-0.25, -0.2) is 19.3 Å². The van der Waals surface area contributed by atoms with Crippen LogP contribution in [-0.2, 0) is 22.3 Å². The predicted molar refractivity (Wildman–Crippen MR) is 132 cm³/mol. The largest absolute Gasteiger partial charge is 0.381 e. The van der Waals surface area contributed by atoms with Crippen molar-refractivity contribution in [1.82, 2.24) is 19.5 Å². The molecule has 35 heavy (non-hydrogen) atoms. The van der Waals surface area contributed by atoms with Crippen LogP contribution in [0.1, 0.15) is 50.9 Å². The molecule has 6 rings (SSSR count). The van der Waals surface area contributed by atoms with Crippen LogP contribution >= 0.6 is 0 Å². The Balaban J connectivity index is 1.27. The first-order valence-electron chi connectivity index (χ1n) is 12.3. The number of aromatic nitrogens is 4. The second kappa shape index (κ2) is 8.24. The molecule has 7 nitrogen and oxygen atoms in total. The number of rotatable bonds is 5. The third kappa shape index (κ3) is 3.85. The van der Waals surface area contributed by atoms with E-state index in [0.717, 1.165) is 58.9 Å². The summed E-state index contributed by atoms with van der Waals surface area (Å²) in [5.41, 5.74) is 9.58. The Hall–Kier alpha value is -3.10. The van der Waals surface area contributed by atoms with Gasteiger partial charge in [0.05, 0.1) is 23.4 Å². The average Bonchev–Trinajstić information content (AvgIpc) is 3.49. The molecule has 2 aliphatic rings. The molecule has 1 aromatic carbocycles. The Kier molecular flexibility index (Phi) is 5.27. The highest BCUT2D eigenvalue weighted by Crippen LogP contribution is 2.49. The molecule has 1 aliphatic carbocycles. The maximum absolute atomic E-state index is 13.8. The van der Waals surface area contributed by atoms with E-state index in [1.807, 2.05) is 32.0 Å². The number of nitrogens with zero attached hydrogens (tertiary/aromatic N) is 4. The third-order valence-corrected chi connectivity index (χ3v) is 7.50. The van der Waals surface area contributed by atoms with Gasteiger partial charge in [0.15, 0.2) is 17.4 Å². The van der Waals surface area contributed by atoms with Gasteiger partial charge in [-0.2, -0.15) is 0 Å². The SMILES string of the molecule is CCc1ncnc2c1ccn2[C@@H]1C[C@H](CCc2ccc3cc(F)c(N)nc3c2)[C@H]2OC(C)(C)O[C@H]21. The maximum Gasteiger partial charge on any atom is 0.165 e. The molecule has 1 saturated heterocycles. The molecule has 4 atom stereocenters. The standard InChI is InChI=1S/C27H30FN5O2/c1-4-20-18-9-10-33(26(18)31-14-30-20)22-13-17(23-24(22)35-27(2,3)34-23)8-6-15-5-7-16-12-19(28)25(29)32-21(16)11-15/h5,7,9-12,14,17,22-24H,4,6,8,13H2,1-3H3,(H2,29,32)/t17-,22+,23+,24-/m0/s1. The fourth-order valence-corrected chi connectivity index (χ4v) is 5.89. The number of ether oxygens (including phenoxy) is 2. The first-order chi connectivity index (χ1) is 16.8. The van der Waals surface area contributed by atoms with Crippen LogP contribution in [0.4, 0.5) is 10.2 Å². The Labute approximate surface area is 203 Å². The van der Waals surface area contributed by atoms with Crippen molar-refractivity contribution >= 4 is 27.8 Å². The number of halogens is 1. The molecule has 2 fully saturated rings. The number of aryl methyl sites for hydroxylation is 2. The van der Waals surface area contributed by atoms with E-state index < -0.39 is 11.6 Å². The minimum Gasteiger partial charge on any atom is -0.381 e. The molecule has 2 N–H and O–H groups in total. The lowest BCUT2D eigenvalue weighted by Crippen LogP contribution is -2.27. The molecule has 0 spiro atoms. The van der Waals surface area contributed by atoms with Gasteiger partial charge in [0.2, 0.25) is 0 Å². The fraction of sp³-hybridized carbons (Fsp3) is 0.444. The van der Waals surface area contributed by atoms with Crippen molar-refractivity contribution in [1.29, 1.82) is 0 Å².